The highest BCUT2D eigenvalue weighted by molar-refractivity contribution is 5.86. The fourth-order valence-corrected chi connectivity index (χ4v) is 1.25. The normalized spacial score (nSPS) is 17.4. The highest BCUT2D eigenvalue weighted by atomic mass is 16.4. The molecule has 0 aliphatic heterocycles. The van der Waals surface area contributed by atoms with Gasteiger partial charge in [-0.1, -0.05) is 0 Å². The highest BCUT2D eigenvalue weighted by Crippen LogP contribution is 2.18. The number of carbonyl (C=O) groups is 3. The molecule has 0 bridgehead atoms. The molecule has 1 aliphatic rings. The Morgan fingerprint density at radius 1 is 1.33 bits per heavy atom. The van der Waals surface area contributed by atoms with Gasteiger partial charge in [-0.15, -0.1) is 0 Å². The lowest BCUT2D eigenvalue weighted by Crippen LogP contribution is -2.52. The predicted octanol–water partition coefficient (Wildman–Crippen LogP) is -1.60. The van der Waals surface area contributed by atoms with Crippen molar-refractivity contribution in [2.75, 3.05) is 6.54 Å². The Labute approximate surface area is 104 Å². The SMILES string of the molecule is C[C@@H](O)[C@H](NC(=O)NCC(=O)NC1CC1)C(=O)O. The van der Waals surface area contributed by atoms with E-state index < -0.39 is 24.1 Å². The topological polar surface area (TPSA) is 128 Å². The quantitative estimate of drug-likeness (QED) is 0.392. The smallest absolute Gasteiger partial charge is 0.328 e. The number of nitrogens with one attached hydrogen (secondary N) is 3. The molecule has 0 saturated heterocycles. The van der Waals surface area contributed by atoms with Gasteiger partial charge in [0.05, 0.1) is 12.6 Å². The van der Waals surface area contributed by atoms with Gasteiger partial charge in [-0.3, -0.25) is 4.79 Å². The number of urea groups is 1. The summed E-state index contributed by atoms with van der Waals surface area (Å²) in [4.78, 5) is 33.2. The Balaban J connectivity index is 2.26. The molecule has 0 aromatic rings. The zero-order valence-corrected chi connectivity index (χ0v) is 9.97. The average Bonchev–Trinajstić information content (AvgIpc) is 3.06. The van der Waals surface area contributed by atoms with Crippen LogP contribution in [-0.4, -0.2) is 52.9 Å². The van der Waals surface area contributed by atoms with Crippen LogP contribution in [0.1, 0.15) is 19.8 Å². The first kappa shape index (κ1) is 14.2. The number of carboxylic acid groups (broad SMARTS) is 1. The van der Waals surface area contributed by atoms with Crippen LogP contribution in [-0.2, 0) is 9.59 Å². The molecule has 1 saturated carbocycles. The lowest BCUT2D eigenvalue weighted by molar-refractivity contribution is -0.141. The van der Waals surface area contributed by atoms with Crippen LogP contribution < -0.4 is 16.0 Å². The van der Waals surface area contributed by atoms with Gasteiger partial charge in [-0.2, -0.15) is 0 Å². The maximum Gasteiger partial charge on any atom is 0.328 e. The van der Waals surface area contributed by atoms with E-state index >= 15 is 0 Å². The number of aliphatic hydroxyl groups is 1. The van der Waals surface area contributed by atoms with Crippen LogP contribution in [0, 0.1) is 0 Å². The molecule has 1 aliphatic carbocycles. The second-order valence-electron chi connectivity index (χ2n) is 4.23. The van der Waals surface area contributed by atoms with Gasteiger partial charge in [0.25, 0.3) is 0 Å². The molecular formula is C10H17N3O5. The number of hydrogen-bond acceptors (Lipinski definition) is 4. The molecule has 2 atom stereocenters. The van der Waals surface area contributed by atoms with E-state index in [1.165, 1.54) is 6.92 Å². The Kier molecular flexibility index (Phi) is 4.90. The van der Waals surface area contributed by atoms with Crippen molar-refractivity contribution in [2.45, 2.75) is 38.0 Å². The fraction of sp³-hybridized carbons (Fsp3) is 0.700. The zero-order valence-electron chi connectivity index (χ0n) is 9.97. The third kappa shape index (κ3) is 5.00. The minimum absolute atomic E-state index is 0.201. The van der Waals surface area contributed by atoms with Crippen molar-refractivity contribution < 1.29 is 24.6 Å². The van der Waals surface area contributed by atoms with Crippen molar-refractivity contribution in [3.05, 3.63) is 0 Å². The van der Waals surface area contributed by atoms with Crippen LogP contribution in [0.4, 0.5) is 4.79 Å². The molecule has 0 aromatic carbocycles. The van der Waals surface area contributed by atoms with Gasteiger partial charge in [0.1, 0.15) is 0 Å². The number of aliphatic hydroxyl groups excluding tert-OH is 1. The van der Waals surface area contributed by atoms with Crippen LogP contribution in [0.25, 0.3) is 0 Å². The molecule has 8 nitrogen and oxygen atoms in total. The van der Waals surface area contributed by atoms with Crippen LogP contribution in [0.15, 0.2) is 0 Å². The third-order valence-corrected chi connectivity index (χ3v) is 2.39. The molecule has 0 unspecified atom stereocenters. The van der Waals surface area contributed by atoms with E-state index in [1.54, 1.807) is 0 Å². The van der Waals surface area contributed by atoms with E-state index in [1.807, 2.05) is 0 Å². The molecule has 8 heteroatoms. The number of amides is 3. The monoisotopic (exact) mass is 259 g/mol. The Morgan fingerprint density at radius 3 is 2.39 bits per heavy atom. The predicted molar refractivity (Wildman–Crippen MR) is 60.8 cm³/mol. The van der Waals surface area contributed by atoms with Crippen molar-refractivity contribution in [2.24, 2.45) is 0 Å². The van der Waals surface area contributed by atoms with E-state index in [2.05, 4.69) is 16.0 Å². The lowest BCUT2D eigenvalue weighted by Gasteiger charge is -2.17. The van der Waals surface area contributed by atoms with E-state index in [0.717, 1.165) is 12.8 Å². The van der Waals surface area contributed by atoms with Gasteiger partial charge in [-0.25, -0.2) is 9.59 Å². The fourth-order valence-electron chi connectivity index (χ4n) is 1.25. The van der Waals surface area contributed by atoms with Gasteiger partial charge < -0.3 is 26.2 Å². The van der Waals surface area contributed by atoms with Crippen LogP contribution in [0.5, 0.6) is 0 Å². The van der Waals surface area contributed by atoms with Gasteiger partial charge in [0, 0.05) is 6.04 Å². The van der Waals surface area contributed by atoms with Crippen molar-refractivity contribution in [3.8, 4) is 0 Å². The lowest BCUT2D eigenvalue weighted by atomic mass is 10.2. The maximum atomic E-state index is 11.3. The summed E-state index contributed by atoms with van der Waals surface area (Å²) in [5, 5.41) is 24.8. The number of carbonyl (C=O) groups excluding carboxylic acids is 2. The summed E-state index contributed by atoms with van der Waals surface area (Å²) in [5.74, 6) is -1.67. The second-order valence-corrected chi connectivity index (χ2v) is 4.23. The number of aliphatic carboxylic acids is 1. The van der Waals surface area contributed by atoms with Crippen molar-refractivity contribution >= 4 is 17.9 Å². The van der Waals surface area contributed by atoms with E-state index in [9.17, 15) is 14.4 Å². The minimum Gasteiger partial charge on any atom is -0.480 e. The molecule has 3 amide bonds. The number of carboxylic acids is 1. The number of rotatable bonds is 6. The van der Waals surface area contributed by atoms with E-state index in [-0.39, 0.29) is 18.5 Å². The molecule has 0 radical (unpaired) electrons. The van der Waals surface area contributed by atoms with Gasteiger partial charge in [-0.05, 0) is 19.8 Å². The second kappa shape index (κ2) is 6.20. The van der Waals surface area contributed by atoms with Crippen molar-refractivity contribution in [1.82, 2.24) is 16.0 Å². The van der Waals surface area contributed by atoms with E-state index in [4.69, 9.17) is 10.2 Å². The highest BCUT2D eigenvalue weighted by Gasteiger charge is 2.26. The summed E-state index contributed by atoms with van der Waals surface area (Å²) >= 11 is 0. The summed E-state index contributed by atoms with van der Waals surface area (Å²) in [6, 6.07) is -2.02. The first-order valence-electron chi connectivity index (χ1n) is 5.64. The minimum atomic E-state index is -1.41. The molecule has 102 valence electrons. The number of hydrogen-bond donors (Lipinski definition) is 5. The van der Waals surface area contributed by atoms with Crippen LogP contribution in [0.3, 0.4) is 0 Å². The Morgan fingerprint density at radius 2 is 1.94 bits per heavy atom. The van der Waals surface area contributed by atoms with Gasteiger partial charge in [0.2, 0.25) is 5.91 Å². The van der Waals surface area contributed by atoms with E-state index in [0.29, 0.717) is 0 Å². The standard InChI is InChI=1S/C10H17N3O5/c1-5(14)8(9(16)17)13-10(18)11-4-7(15)12-6-2-3-6/h5-6,8,14H,2-4H2,1H3,(H,12,15)(H,16,17)(H2,11,13,18)/t5-,8+/m1/s1. The molecule has 5 N–H and O–H groups in total. The maximum absolute atomic E-state index is 11.3. The Bertz CT molecular complexity index is 340. The average molecular weight is 259 g/mol. The molecule has 0 heterocycles. The first-order valence-corrected chi connectivity index (χ1v) is 5.64. The third-order valence-electron chi connectivity index (χ3n) is 2.39. The summed E-state index contributed by atoms with van der Waals surface area (Å²) in [7, 11) is 0. The Hall–Kier alpha value is -1.83. The molecule has 1 fully saturated rings. The molecule has 18 heavy (non-hydrogen) atoms. The van der Waals surface area contributed by atoms with Gasteiger partial charge >= 0.3 is 12.0 Å². The summed E-state index contributed by atoms with van der Waals surface area (Å²) in [6.45, 7) is 1.02. The molecule has 1 rings (SSSR count). The summed E-state index contributed by atoms with van der Waals surface area (Å²) in [5.41, 5.74) is 0. The van der Waals surface area contributed by atoms with Crippen molar-refractivity contribution in [3.63, 3.8) is 0 Å². The van der Waals surface area contributed by atoms with Crippen LogP contribution >= 0.6 is 0 Å². The van der Waals surface area contributed by atoms with Crippen molar-refractivity contribution in [1.29, 1.82) is 0 Å². The molecule has 0 spiro atoms. The zero-order chi connectivity index (χ0) is 13.7. The summed E-state index contributed by atoms with van der Waals surface area (Å²) in [6.07, 6.45) is 0.663. The molecular weight excluding hydrogens is 242 g/mol. The summed E-state index contributed by atoms with van der Waals surface area (Å²) < 4.78 is 0. The largest absolute Gasteiger partial charge is 0.480 e. The molecule has 0 aromatic heterocycles. The van der Waals surface area contributed by atoms with Gasteiger partial charge in [0.15, 0.2) is 6.04 Å². The first-order chi connectivity index (χ1) is 8.40. The van der Waals surface area contributed by atoms with Crippen LogP contribution in [0.2, 0.25) is 0 Å².